The SMILES string of the molecule is CN1Cc2cc(Nc3ncc(C(F)(F)F)c(Cl)n3)ccc2C1=O. The van der Waals surface area contributed by atoms with Crippen LogP contribution < -0.4 is 5.32 Å². The van der Waals surface area contributed by atoms with E-state index in [-0.39, 0.29) is 11.9 Å². The van der Waals surface area contributed by atoms with Crippen molar-refractivity contribution in [2.24, 2.45) is 0 Å². The first kappa shape index (κ1) is 15.5. The molecule has 1 aromatic carbocycles. The molecule has 1 aliphatic rings. The van der Waals surface area contributed by atoms with E-state index in [4.69, 9.17) is 11.6 Å². The summed E-state index contributed by atoms with van der Waals surface area (Å²) in [5, 5.41) is 2.10. The maximum Gasteiger partial charge on any atom is 0.420 e. The normalized spacial score (nSPS) is 14.1. The lowest BCUT2D eigenvalue weighted by atomic mass is 10.1. The highest BCUT2D eigenvalue weighted by atomic mass is 35.5. The second kappa shape index (κ2) is 5.38. The molecule has 2 heterocycles. The van der Waals surface area contributed by atoms with E-state index in [0.29, 0.717) is 24.0 Å². The largest absolute Gasteiger partial charge is 0.420 e. The number of hydrogen-bond acceptors (Lipinski definition) is 4. The van der Waals surface area contributed by atoms with Gasteiger partial charge in [-0.2, -0.15) is 13.2 Å². The van der Waals surface area contributed by atoms with Crippen LogP contribution in [0.25, 0.3) is 0 Å². The van der Waals surface area contributed by atoms with Crippen LogP contribution >= 0.6 is 11.6 Å². The van der Waals surface area contributed by atoms with Crippen LogP contribution in [0.1, 0.15) is 21.5 Å². The highest BCUT2D eigenvalue weighted by Crippen LogP contribution is 2.34. The first-order valence-electron chi connectivity index (χ1n) is 6.51. The van der Waals surface area contributed by atoms with Crippen LogP contribution in [0.3, 0.4) is 0 Å². The number of fused-ring (bicyclic) bond motifs is 1. The van der Waals surface area contributed by atoms with Crippen LogP contribution in [-0.2, 0) is 12.7 Å². The van der Waals surface area contributed by atoms with Gasteiger partial charge in [-0.05, 0) is 23.8 Å². The average molecular weight is 343 g/mol. The lowest BCUT2D eigenvalue weighted by molar-refractivity contribution is -0.137. The monoisotopic (exact) mass is 342 g/mol. The van der Waals surface area contributed by atoms with Gasteiger partial charge in [0.1, 0.15) is 10.7 Å². The van der Waals surface area contributed by atoms with Gasteiger partial charge in [-0.15, -0.1) is 0 Å². The highest BCUT2D eigenvalue weighted by Gasteiger charge is 2.34. The van der Waals surface area contributed by atoms with Crippen molar-refractivity contribution in [3.63, 3.8) is 0 Å². The Labute approximate surface area is 134 Å². The number of anilines is 2. The minimum atomic E-state index is -4.60. The van der Waals surface area contributed by atoms with E-state index in [9.17, 15) is 18.0 Å². The van der Waals surface area contributed by atoms with Gasteiger partial charge in [-0.1, -0.05) is 11.6 Å². The molecule has 9 heteroatoms. The van der Waals surface area contributed by atoms with Crippen molar-refractivity contribution in [1.29, 1.82) is 0 Å². The van der Waals surface area contributed by atoms with E-state index in [1.165, 1.54) is 0 Å². The maximum atomic E-state index is 12.6. The van der Waals surface area contributed by atoms with Crippen molar-refractivity contribution in [3.05, 3.63) is 46.2 Å². The van der Waals surface area contributed by atoms with Gasteiger partial charge in [0, 0.05) is 31.0 Å². The summed E-state index contributed by atoms with van der Waals surface area (Å²) in [5.74, 6) is -0.124. The van der Waals surface area contributed by atoms with E-state index in [1.54, 1.807) is 30.1 Å². The minimum absolute atomic E-state index is 0.0550. The second-order valence-corrected chi connectivity index (χ2v) is 5.41. The number of alkyl halides is 3. The summed E-state index contributed by atoms with van der Waals surface area (Å²) in [4.78, 5) is 20.6. The third-order valence-electron chi connectivity index (χ3n) is 3.39. The van der Waals surface area contributed by atoms with Gasteiger partial charge in [-0.3, -0.25) is 4.79 Å². The molecule has 0 saturated carbocycles. The first-order valence-corrected chi connectivity index (χ1v) is 6.88. The molecule has 1 N–H and O–H groups in total. The van der Waals surface area contributed by atoms with Crippen molar-refractivity contribution in [2.45, 2.75) is 12.7 Å². The third-order valence-corrected chi connectivity index (χ3v) is 3.68. The minimum Gasteiger partial charge on any atom is -0.337 e. The lowest BCUT2D eigenvalue weighted by Crippen LogP contribution is -2.17. The fourth-order valence-corrected chi connectivity index (χ4v) is 2.52. The number of nitrogens with one attached hydrogen (secondary N) is 1. The van der Waals surface area contributed by atoms with Crippen LogP contribution in [0.4, 0.5) is 24.8 Å². The molecular formula is C14H10ClF3N4O. The topological polar surface area (TPSA) is 58.1 Å². The molecule has 1 aliphatic heterocycles. The Morgan fingerprint density at radius 3 is 2.74 bits per heavy atom. The van der Waals surface area contributed by atoms with Crippen LogP contribution in [0, 0.1) is 0 Å². The molecule has 0 aliphatic carbocycles. The van der Waals surface area contributed by atoms with E-state index >= 15 is 0 Å². The predicted octanol–water partition coefficient (Wildman–Crippen LogP) is 3.48. The number of aromatic nitrogens is 2. The molecular weight excluding hydrogens is 333 g/mol. The fourth-order valence-electron chi connectivity index (χ4n) is 2.28. The average Bonchev–Trinajstić information content (AvgIpc) is 2.72. The second-order valence-electron chi connectivity index (χ2n) is 5.05. The van der Waals surface area contributed by atoms with Gasteiger partial charge in [0.2, 0.25) is 5.95 Å². The summed E-state index contributed by atoms with van der Waals surface area (Å²) in [7, 11) is 1.69. The Balaban J connectivity index is 1.85. The summed E-state index contributed by atoms with van der Waals surface area (Å²) in [6, 6.07) is 5.01. The molecule has 0 spiro atoms. The number of rotatable bonds is 2. The number of halogens is 4. The third kappa shape index (κ3) is 2.94. The van der Waals surface area contributed by atoms with Gasteiger partial charge in [-0.25, -0.2) is 9.97 Å². The standard InChI is InChI=1S/C14H10ClF3N4O/c1-22-6-7-4-8(2-3-9(7)12(22)23)20-13-19-5-10(11(15)21-13)14(16,17)18/h2-5H,6H2,1H3,(H,19,20,21). The Hall–Kier alpha value is -2.35. The number of hydrogen-bond donors (Lipinski definition) is 1. The number of nitrogens with zero attached hydrogens (tertiary/aromatic N) is 3. The molecule has 23 heavy (non-hydrogen) atoms. The van der Waals surface area contributed by atoms with E-state index < -0.39 is 16.9 Å². The number of benzene rings is 1. The van der Waals surface area contributed by atoms with Gasteiger partial charge in [0.15, 0.2) is 0 Å². The molecule has 5 nitrogen and oxygen atoms in total. The summed E-state index contributed by atoms with van der Waals surface area (Å²) >= 11 is 5.55. The van der Waals surface area contributed by atoms with Crippen molar-refractivity contribution in [2.75, 3.05) is 12.4 Å². The van der Waals surface area contributed by atoms with Gasteiger partial charge < -0.3 is 10.2 Å². The van der Waals surface area contributed by atoms with E-state index in [0.717, 1.165) is 5.56 Å². The fraction of sp³-hybridized carbons (Fsp3) is 0.214. The molecule has 1 amide bonds. The van der Waals surface area contributed by atoms with Crippen LogP contribution in [0.2, 0.25) is 5.15 Å². The van der Waals surface area contributed by atoms with Crippen LogP contribution in [-0.4, -0.2) is 27.8 Å². The molecule has 3 rings (SSSR count). The molecule has 120 valence electrons. The first-order chi connectivity index (χ1) is 10.8. The number of carbonyl (C=O) groups is 1. The molecule has 0 fully saturated rings. The lowest BCUT2D eigenvalue weighted by Gasteiger charge is -2.10. The van der Waals surface area contributed by atoms with Crippen LogP contribution in [0.15, 0.2) is 24.4 Å². The number of amides is 1. The molecule has 0 bridgehead atoms. The molecule has 0 radical (unpaired) electrons. The van der Waals surface area contributed by atoms with Gasteiger partial charge in [0.05, 0.1) is 0 Å². The Bertz CT molecular complexity index is 794. The van der Waals surface area contributed by atoms with Crippen molar-refractivity contribution >= 4 is 29.1 Å². The van der Waals surface area contributed by atoms with Gasteiger partial charge in [0.25, 0.3) is 5.91 Å². The Morgan fingerprint density at radius 1 is 1.35 bits per heavy atom. The van der Waals surface area contributed by atoms with Crippen LogP contribution in [0.5, 0.6) is 0 Å². The predicted molar refractivity (Wildman–Crippen MR) is 77.6 cm³/mol. The van der Waals surface area contributed by atoms with Gasteiger partial charge >= 0.3 is 6.18 Å². The highest BCUT2D eigenvalue weighted by molar-refractivity contribution is 6.30. The maximum absolute atomic E-state index is 12.6. The summed E-state index contributed by atoms with van der Waals surface area (Å²) in [6.45, 7) is 0.471. The summed E-state index contributed by atoms with van der Waals surface area (Å²) in [6.07, 6.45) is -3.98. The van der Waals surface area contributed by atoms with E-state index in [1.807, 2.05) is 0 Å². The smallest absolute Gasteiger partial charge is 0.337 e. The Kier molecular flexibility index (Phi) is 3.63. The summed E-state index contributed by atoms with van der Waals surface area (Å²) < 4.78 is 37.8. The molecule has 2 aromatic rings. The number of carbonyl (C=O) groups excluding carboxylic acids is 1. The van der Waals surface area contributed by atoms with E-state index in [2.05, 4.69) is 15.3 Å². The zero-order chi connectivity index (χ0) is 16.8. The zero-order valence-electron chi connectivity index (χ0n) is 11.8. The zero-order valence-corrected chi connectivity index (χ0v) is 12.5. The van der Waals surface area contributed by atoms with Crippen molar-refractivity contribution in [3.8, 4) is 0 Å². The van der Waals surface area contributed by atoms with Crippen molar-refractivity contribution in [1.82, 2.24) is 14.9 Å². The molecule has 0 unspecified atom stereocenters. The van der Waals surface area contributed by atoms with Crippen molar-refractivity contribution < 1.29 is 18.0 Å². The molecule has 1 aromatic heterocycles. The molecule has 0 atom stereocenters. The Morgan fingerprint density at radius 2 is 2.09 bits per heavy atom. The molecule has 0 saturated heterocycles. The summed E-state index contributed by atoms with van der Waals surface area (Å²) in [5.41, 5.74) is 0.887. The quantitative estimate of drug-likeness (QED) is 0.849.